The van der Waals surface area contributed by atoms with Crippen molar-refractivity contribution in [2.24, 2.45) is 0 Å². The molecule has 2 amide bonds. The van der Waals surface area contributed by atoms with Gasteiger partial charge >= 0.3 is 0 Å². The number of anilines is 1. The predicted octanol–water partition coefficient (Wildman–Crippen LogP) is 4.07. The molecular weight excluding hydrogens is 378 g/mol. The number of nitrogens with zero attached hydrogens (tertiary/aromatic N) is 1. The second-order valence-corrected chi connectivity index (χ2v) is 7.20. The molecule has 5 nitrogen and oxygen atoms in total. The molecule has 8 heteroatoms. The van der Waals surface area contributed by atoms with Crippen LogP contribution in [0.2, 0.25) is 5.02 Å². The van der Waals surface area contributed by atoms with Gasteiger partial charge < -0.3 is 10.6 Å². The molecule has 3 aromatic rings. The molecule has 0 spiro atoms. The van der Waals surface area contributed by atoms with E-state index >= 15 is 0 Å². The molecule has 0 unspecified atom stereocenters. The summed E-state index contributed by atoms with van der Waals surface area (Å²) in [6, 6.07) is 6.79. The van der Waals surface area contributed by atoms with Gasteiger partial charge in [0, 0.05) is 29.1 Å². The summed E-state index contributed by atoms with van der Waals surface area (Å²) in [6.07, 6.45) is 0.165. The van der Waals surface area contributed by atoms with Gasteiger partial charge in [-0.2, -0.15) is 11.3 Å². The van der Waals surface area contributed by atoms with E-state index in [1.807, 2.05) is 22.2 Å². The number of halogens is 1. The Balaban J connectivity index is 1.68. The first-order chi connectivity index (χ1) is 12.1. The maximum Gasteiger partial charge on any atom is 0.252 e. The maximum absolute atomic E-state index is 12.2. The third-order valence-electron chi connectivity index (χ3n) is 3.38. The number of carbonyl (C=O) groups is 2. The third-order valence-corrected chi connectivity index (χ3v) is 5.34. The minimum Gasteiger partial charge on any atom is -0.355 e. The number of benzene rings is 1. The van der Waals surface area contributed by atoms with E-state index in [0.29, 0.717) is 22.0 Å². The Labute approximate surface area is 157 Å². The molecule has 25 heavy (non-hydrogen) atoms. The number of thiazole rings is 1. The minimum atomic E-state index is -0.305. The number of nitrogens with one attached hydrogen (secondary N) is 2. The van der Waals surface area contributed by atoms with E-state index in [0.717, 1.165) is 10.6 Å². The molecule has 0 saturated heterocycles. The average molecular weight is 392 g/mol. The topological polar surface area (TPSA) is 71.1 Å². The maximum atomic E-state index is 12.2. The Morgan fingerprint density at radius 1 is 1.24 bits per heavy atom. The van der Waals surface area contributed by atoms with Crippen molar-refractivity contribution in [2.45, 2.75) is 6.42 Å². The van der Waals surface area contributed by atoms with Crippen molar-refractivity contribution >= 4 is 51.8 Å². The minimum absolute atomic E-state index is 0.165. The van der Waals surface area contributed by atoms with E-state index in [2.05, 4.69) is 15.6 Å². The van der Waals surface area contributed by atoms with Crippen LogP contribution in [-0.2, 0) is 11.2 Å². The van der Waals surface area contributed by atoms with Crippen LogP contribution in [0, 0.1) is 0 Å². The van der Waals surface area contributed by atoms with Gasteiger partial charge in [-0.15, -0.1) is 11.3 Å². The van der Waals surface area contributed by atoms with Gasteiger partial charge in [0.05, 0.1) is 22.7 Å². The summed E-state index contributed by atoms with van der Waals surface area (Å²) in [7, 11) is 1.53. The molecule has 0 aliphatic rings. The van der Waals surface area contributed by atoms with E-state index < -0.39 is 0 Å². The van der Waals surface area contributed by atoms with Crippen LogP contribution >= 0.6 is 34.3 Å². The van der Waals surface area contributed by atoms with Crippen LogP contribution in [0.1, 0.15) is 16.1 Å². The van der Waals surface area contributed by atoms with Gasteiger partial charge in [-0.25, -0.2) is 4.98 Å². The second-order valence-electron chi connectivity index (χ2n) is 5.15. The Morgan fingerprint density at radius 3 is 2.80 bits per heavy atom. The van der Waals surface area contributed by atoms with Crippen LogP contribution in [-0.4, -0.2) is 23.8 Å². The average Bonchev–Trinajstić information content (AvgIpc) is 3.27. The smallest absolute Gasteiger partial charge is 0.252 e. The van der Waals surface area contributed by atoms with Crippen molar-refractivity contribution in [3.8, 4) is 10.6 Å². The number of carbonyl (C=O) groups excluding carboxylic acids is 2. The van der Waals surface area contributed by atoms with E-state index in [-0.39, 0.29) is 18.2 Å². The molecule has 0 saturated carbocycles. The molecule has 1 aromatic carbocycles. The van der Waals surface area contributed by atoms with Crippen LogP contribution in [0.5, 0.6) is 0 Å². The fraction of sp³-hybridized carbons (Fsp3) is 0.118. The van der Waals surface area contributed by atoms with Crippen LogP contribution in [0.4, 0.5) is 5.69 Å². The molecule has 0 bridgehead atoms. The Hall–Kier alpha value is -2.22. The van der Waals surface area contributed by atoms with Gasteiger partial charge in [0.2, 0.25) is 5.91 Å². The number of amides is 2. The van der Waals surface area contributed by atoms with Crippen LogP contribution < -0.4 is 10.6 Å². The lowest BCUT2D eigenvalue weighted by atomic mass is 10.2. The molecule has 3 rings (SSSR count). The lowest BCUT2D eigenvalue weighted by Crippen LogP contribution is -2.19. The zero-order chi connectivity index (χ0) is 17.8. The quantitative estimate of drug-likeness (QED) is 0.688. The monoisotopic (exact) mass is 391 g/mol. The highest BCUT2D eigenvalue weighted by molar-refractivity contribution is 7.14. The summed E-state index contributed by atoms with van der Waals surface area (Å²) in [5, 5.41) is 12.4. The van der Waals surface area contributed by atoms with E-state index in [1.54, 1.807) is 29.5 Å². The molecule has 2 N–H and O–H groups in total. The fourth-order valence-corrected chi connectivity index (χ4v) is 3.92. The molecule has 0 aliphatic heterocycles. The first kappa shape index (κ1) is 17.6. The van der Waals surface area contributed by atoms with Gasteiger partial charge in [0.25, 0.3) is 5.91 Å². The number of aromatic nitrogens is 1. The lowest BCUT2D eigenvalue weighted by molar-refractivity contribution is -0.115. The lowest BCUT2D eigenvalue weighted by Gasteiger charge is -2.08. The van der Waals surface area contributed by atoms with E-state index in [9.17, 15) is 9.59 Å². The summed E-state index contributed by atoms with van der Waals surface area (Å²) >= 11 is 9.13. The third kappa shape index (κ3) is 4.25. The van der Waals surface area contributed by atoms with Crippen molar-refractivity contribution in [1.82, 2.24) is 10.3 Å². The normalized spacial score (nSPS) is 10.5. The summed E-state index contributed by atoms with van der Waals surface area (Å²) in [6.45, 7) is 0. The highest BCUT2D eigenvalue weighted by atomic mass is 35.5. The molecule has 0 fully saturated rings. The van der Waals surface area contributed by atoms with Gasteiger partial charge in [-0.1, -0.05) is 11.6 Å². The van der Waals surface area contributed by atoms with Crippen molar-refractivity contribution in [3.05, 3.63) is 56.7 Å². The van der Waals surface area contributed by atoms with Crippen LogP contribution in [0.25, 0.3) is 10.6 Å². The van der Waals surface area contributed by atoms with E-state index in [4.69, 9.17) is 11.6 Å². The predicted molar refractivity (Wildman–Crippen MR) is 103 cm³/mol. The summed E-state index contributed by atoms with van der Waals surface area (Å²) in [5.74, 6) is -0.506. The molecule has 0 aliphatic carbocycles. The zero-order valence-corrected chi connectivity index (χ0v) is 15.6. The first-order valence-corrected chi connectivity index (χ1v) is 9.55. The molecular formula is C17H14ClN3O2S2. The largest absolute Gasteiger partial charge is 0.355 e. The molecule has 2 aromatic heterocycles. The highest BCUT2D eigenvalue weighted by Gasteiger charge is 2.13. The van der Waals surface area contributed by atoms with Crippen molar-refractivity contribution in [2.75, 3.05) is 12.4 Å². The molecule has 0 atom stereocenters. The van der Waals surface area contributed by atoms with Crippen LogP contribution in [0.3, 0.4) is 0 Å². The number of hydrogen-bond donors (Lipinski definition) is 2. The Morgan fingerprint density at radius 2 is 2.08 bits per heavy atom. The first-order valence-electron chi connectivity index (χ1n) is 7.35. The van der Waals surface area contributed by atoms with Crippen molar-refractivity contribution in [1.29, 1.82) is 0 Å². The SMILES string of the molecule is CNC(=O)c1cc(NC(=O)Cc2csc(-c3ccsc3)n2)ccc1Cl. The molecule has 128 valence electrons. The summed E-state index contributed by atoms with van der Waals surface area (Å²) in [5.41, 5.74) is 2.61. The summed E-state index contributed by atoms with van der Waals surface area (Å²) in [4.78, 5) is 28.5. The Kier molecular flexibility index (Phi) is 5.47. The van der Waals surface area contributed by atoms with E-state index in [1.165, 1.54) is 18.4 Å². The van der Waals surface area contributed by atoms with Crippen LogP contribution in [0.15, 0.2) is 40.4 Å². The van der Waals surface area contributed by atoms with Gasteiger partial charge in [0.1, 0.15) is 5.01 Å². The number of thiophene rings is 1. The standard InChI is InChI=1S/C17H14ClN3O2S2/c1-19-16(23)13-6-11(2-3-14(13)18)20-15(22)7-12-9-25-17(21-12)10-4-5-24-8-10/h2-6,8-9H,7H2,1H3,(H,19,23)(H,20,22). The molecule has 0 radical (unpaired) electrons. The molecule has 2 heterocycles. The highest BCUT2D eigenvalue weighted by Crippen LogP contribution is 2.26. The van der Waals surface area contributed by atoms with Crippen molar-refractivity contribution < 1.29 is 9.59 Å². The number of rotatable bonds is 5. The van der Waals surface area contributed by atoms with Gasteiger partial charge in [-0.05, 0) is 29.6 Å². The number of hydrogen-bond acceptors (Lipinski definition) is 5. The van der Waals surface area contributed by atoms with Gasteiger partial charge in [-0.3, -0.25) is 9.59 Å². The summed E-state index contributed by atoms with van der Waals surface area (Å²) < 4.78 is 0. The fourth-order valence-electron chi connectivity index (χ4n) is 2.19. The van der Waals surface area contributed by atoms with Crippen molar-refractivity contribution in [3.63, 3.8) is 0 Å². The Bertz CT molecular complexity index is 907. The second kappa shape index (κ2) is 7.77. The zero-order valence-electron chi connectivity index (χ0n) is 13.2. The van der Waals surface area contributed by atoms with Gasteiger partial charge in [0.15, 0.2) is 0 Å².